The summed E-state index contributed by atoms with van der Waals surface area (Å²) in [5.41, 5.74) is 5.64. The summed E-state index contributed by atoms with van der Waals surface area (Å²) in [6, 6.07) is 0. The monoisotopic (exact) mass is 266 g/mol. The fourth-order valence-corrected chi connectivity index (χ4v) is 2.38. The summed E-state index contributed by atoms with van der Waals surface area (Å²) < 4.78 is 0. The van der Waals surface area contributed by atoms with Gasteiger partial charge in [0, 0.05) is 6.54 Å². The predicted octanol–water partition coefficient (Wildman–Crippen LogP) is 1.05. The molecule has 0 unspecified atom stereocenters. The van der Waals surface area contributed by atoms with E-state index in [1.807, 2.05) is 0 Å². The molecule has 0 radical (unpaired) electrons. The fraction of sp³-hybridized carbons (Fsp3) is 0.692. The van der Waals surface area contributed by atoms with Crippen LogP contribution in [0.4, 0.5) is 5.69 Å². The van der Waals surface area contributed by atoms with Gasteiger partial charge in [0.15, 0.2) is 0 Å². The molecule has 1 aromatic rings. The quantitative estimate of drug-likeness (QED) is 0.656. The zero-order chi connectivity index (χ0) is 14.1. The first-order valence-electron chi connectivity index (χ1n) is 6.61. The number of rotatable bonds is 3. The molecule has 5 N–H and O–H groups in total. The summed E-state index contributed by atoms with van der Waals surface area (Å²) in [7, 11) is 0. The number of hydrogen-bond acceptors (Lipinski definition) is 4. The number of nitrogens with two attached hydrogens (primary N) is 1. The van der Waals surface area contributed by atoms with Gasteiger partial charge in [0.2, 0.25) is 0 Å². The Bertz CT molecular complexity index is 457. The van der Waals surface area contributed by atoms with Gasteiger partial charge >= 0.3 is 0 Å². The number of aliphatic hydroxyl groups is 1. The highest BCUT2D eigenvalue weighted by Gasteiger charge is 2.36. The van der Waals surface area contributed by atoms with Crippen LogP contribution in [-0.2, 0) is 0 Å². The second-order valence-corrected chi connectivity index (χ2v) is 6.27. The van der Waals surface area contributed by atoms with Crippen LogP contribution in [-0.4, -0.2) is 33.4 Å². The van der Waals surface area contributed by atoms with Crippen molar-refractivity contribution < 1.29 is 9.90 Å². The first kappa shape index (κ1) is 13.9. The molecule has 1 aliphatic rings. The van der Waals surface area contributed by atoms with E-state index in [-0.39, 0.29) is 23.6 Å². The first-order chi connectivity index (χ1) is 8.81. The van der Waals surface area contributed by atoms with Crippen molar-refractivity contribution >= 4 is 11.6 Å². The number of hydrogen-bond donors (Lipinski definition) is 4. The van der Waals surface area contributed by atoms with Crippen molar-refractivity contribution in [3.8, 4) is 0 Å². The number of nitrogens with one attached hydrogen (secondary N) is 2. The number of amides is 1. The Balaban J connectivity index is 1.89. The smallest absolute Gasteiger partial charge is 0.271 e. The van der Waals surface area contributed by atoms with E-state index in [1.54, 1.807) is 0 Å². The number of nitrogen functional groups attached to an aromatic ring is 1. The van der Waals surface area contributed by atoms with E-state index in [1.165, 1.54) is 6.20 Å². The van der Waals surface area contributed by atoms with Crippen LogP contribution in [0.2, 0.25) is 0 Å². The molecule has 2 rings (SSSR count). The van der Waals surface area contributed by atoms with Crippen molar-refractivity contribution in [2.24, 2.45) is 5.41 Å². The highest BCUT2D eigenvalue weighted by atomic mass is 16.3. The predicted molar refractivity (Wildman–Crippen MR) is 72.5 cm³/mol. The van der Waals surface area contributed by atoms with E-state index in [0.717, 1.165) is 12.8 Å². The molecule has 1 aromatic heterocycles. The van der Waals surface area contributed by atoms with Gasteiger partial charge in [-0.15, -0.1) is 0 Å². The number of carbonyl (C=O) groups is 1. The Hall–Kier alpha value is -1.56. The lowest BCUT2D eigenvalue weighted by molar-refractivity contribution is -0.0233. The van der Waals surface area contributed by atoms with Crippen molar-refractivity contribution in [1.29, 1.82) is 0 Å². The SMILES string of the molecule is CC1(C)CCC(O)(CNC(=O)c2[nH]ncc2N)CC1. The lowest BCUT2D eigenvalue weighted by atomic mass is 9.71. The molecular weight excluding hydrogens is 244 g/mol. The van der Waals surface area contributed by atoms with Gasteiger partial charge in [0.25, 0.3) is 5.91 Å². The van der Waals surface area contributed by atoms with Gasteiger partial charge in [-0.3, -0.25) is 9.89 Å². The Morgan fingerprint density at radius 1 is 1.47 bits per heavy atom. The molecule has 0 atom stereocenters. The zero-order valence-electron chi connectivity index (χ0n) is 11.5. The summed E-state index contributed by atoms with van der Waals surface area (Å²) in [5.74, 6) is -0.326. The van der Waals surface area contributed by atoms with E-state index in [9.17, 15) is 9.90 Å². The van der Waals surface area contributed by atoms with Gasteiger partial charge in [-0.2, -0.15) is 5.10 Å². The molecule has 0 aliphatic heterocycles. The molecule has 106 valence electrons. The Kier molecular flexibility index (Phi) is 3.54. The first-order valence-corrected chi connectivity index (χ1v) is 6.61. The van der Waals surface area contributed by atoms with Crippen LogP contribution < -0.4 is 11.1 Å². The molecule has 1 fully saturated rings. The number of aromatic amines is 1. The molecule has 0 saturated heterocycles. The number of nitrogens with zero attached hydrogens (tertiary/aromatic N) is 1. The maximum atomic E-state index is 11.9. The largest absolute Gasteiger partial charge is 0.396 e. The Labute approximate surface area is 112 Å². The fourth-order valence-electron chi connectivity index (χ4n) is 2.38. The molecular formula is C13H22N4O2. The minimum Gasteiger partial charge on any atom is -0.396 e. The lowest BCUT2D eigenvalue weighted by Crippen LogP contribution is -2.46. The van der Waals surface area contributed by atoms with Crippen LogP contribution in [0, 0.1) is 5.41 Å². The molecule has 6 heteroatoms. The van der Waals surface area contributed by atoms with Crippen LogP contribution >= 0.6 is 0 Å². The summed E-state index contributed by atoms with van der Waals surface area (Å²) in [5, 5.41) is 19.4. The van der Waals surface area contributed by atoms with Crippen LogP contribution in [0.3, 0.4) is 0 Å². The maximum absolute atomic E-state index is 11.9. The lowest BCUT2D eigenvalue weighted by Gasteiger charge is -2.40. The minimum atomic E-state index is -0.806. The maximum Gasteiger partial charge on any atom is 0.271 e. The summed E-state index contributed by atoms with van der Waals surface area (Å²) in [6.45, 7) is 4.66. The highest BCUT2D eigenvalue weighted by molar-refractivity contribution is 5.96. The van der Waals surface area contributed by atoms with Gasteiger partial charge in [-0.1, -0.05) is 13.8 Å². The van der Waals surface area contributed by atoms with Gasteiger partial charge in [0.05, 0.1) is 17.5 Å². The molecule has 1 saturated carbocycles. The summed E-state index contributed by atoms with van der Waals surface area (Å²) in [6.07, 6.45) is 4.74. The van der Waals surface area contributed by atoms with E-state index in [0.29, 0.717) is 18.5 Å². The average Bonchev–Trinajstić information content (AvgIpc) is 2.77. The standard InChI is InChI=1S/C13H22N4O2/c1-12(2)3-5-13(19,6-4-12)8-15-11(18)10-9(14)7-16-17-10/h7,19H,3-6,8,14H2,1-2H3,(H,15,18)(H,16,17). The molecule has 0 aromatic carbocycles. The zero-order valence-corrected chi connectivity index (χ0v) is 11.5. The topological polar surface area (TPSA) is 104 Å². The Morgan fingerprint density at radius 2 is 2.11 bits per heavy atom. The van der Waals surface area contributed by atoms with Gasteiger partial charge in [-0.25, -0.2) is 0 Å². The van der Waals surface area contributed by atoms with E-state index in [2.05, 4.69) is 29.4 Å². The normalized spacial score (nSPS) is 21.0. The van der Waals surface area contributed by atoms with Crippen LogP contribution in [0.25, 0.3) is 0 Å². The third-order valence-electron chi connectivity index (χ3n) is 4.01. The number of carbonyl (C=O) groups excluding carboxylic acids is 1. The molecule has 0 bridgehead atoms. The average molecular weight is 266 g/mol. The van der Waals surface area contributed by atoms with E-state index >= 15 is 0 Å². The third-order valence-corrected chi connectivity index (χ3v) is 4.01. The van der Waals surface area contributed by atoms with Crippen LogP contribution in [0.1, 0.15) is 50.0 Å². The van der Waals surface area contributed by atoms with Crippen LogP contribution in [0.5, 0.6) is 0 Å². The molecule has 19 heavy (non-hydrogen) atoms. The van der Waals surface area contributed by atoms with Gasteiger partial charge in [-0.05, 0) is 31.1 Å². The Morgan fingerprint density at radius 3 is 2.63 bits per heavy atom. The van der Waals surface area contributed by atoms with E-state index in [4.69, 9.17) is 5.73 Å². The molecule has 1 aliphatic carbocycles. The highest BCUT2D eigenvalue weighted by Crippen LogP contribution is 2.39. The van der Waals surface area contributed by atoms with Crippen molar-refractivity contribution in [3.05, 3.63) is 11.9 Å². The van der Waals surface area contributed by atoms with Crippen LogP contribution in [0.15, 0.2) is 6.20 Å². The minimum absolute atomic E-state index is 0.250. The van der Waals surface area contributed by atoms with Crippen molar-refractivity contribution in [1.82, 2.24) is 15.5 Å². The van der Waals surface area contributed by atoms with Gasteiger partial charge < -0.3 is 16.2 Å². The molecule has 6 nitrogen and oxygen atoms in total. The van der Waals surface area contributed by atoms with Crippen molar-refractivity contribution in [3.63, 3.8) is 0 Å². The van der Waals surface area contributed by atoms with E-state index < -0.39 is 5.60 Å². The molecule has 1 heterocycles. The second kappa shape index (κ2) is 4.85. The number of H-pyrrole nitrogens is 1. The third kappa shape index (κ3) is 3.26. The second-order valence-electron chi connectivity index (χ2n) is 6.27. The molecule has 0 spiro atoms. The van der Waals surface area contributed by atoms with Crippen molar-refractivity contribution in [2.45, 2.75) is 45.1 Å². The molecule has 1 amide bonds. The summed E-state index contributed by atoms with van der Waals surface area (Å²) in [4.78, 5) is 11.9. The number of aromatic nitrogens is 2. The van der Waals surface area contributed by atoms with Gasteiger partial charge in [0.1, 0.15) is 5.69 Å². The van der Waals surface area contributed by atoms with Crippen molar-refractivity contribution in [2.75, 3.05) is 12.3 Å². The summed E-state index contributed by atoms with van der Waals surface area (Å²) >= 11 is 0. The number of anilines is 1.